The van der Waals surface area contributed by atoms with Gasteiger partial charge in [-0.05, 0) is 50.5 Å². The molecule has 0 bridgehead atoms. The molecule has 20 heavy (non-hydrogen) atoms. The number of nitrogens with two attached hydrogens (primary N) is 1. The van der Waals surface area contributed by atoms with E-state index in [-0.39, 0.29) is 5.91 Å². The van der Waals surface area contributed by atoms with Crippen LogP contribution in [0.15, 0.2) is 18.2 Å². The van der Waals surface area contributed by atoms with Crippen molar-refractivity contribution < 1.29 is 9.53 Å². The van der Waals surface area contributed by atoms with Crippen LogP contribution in [0.25, 0.3) is 0 Å². The number of ether oxygens (including phenoxy) is 1. The van der Waals surface area contributed by atoms with E-state index in [2.05, 4.69) is 11.4 Å². The average molecular weight is 278 g/mol. The Morgan fingerprint density at radius 2 is 1.90 bits per heavy atom. The molecule has 0 radical (unpaired) electrons. The third-order valence-corrected chi connectivity index (χ3v) is 3.14. The fourth-order valence-corrected chi connectivity index (χ4v) is 2.18. The minimum atomic E-state index is -0.797. The lowest BCUT2D eigenvalue weighted by Gasteiger charge is -2.22. The molecule has 1 aromatic carbocycles. The second-order valence-electron chi connectivity index (χ2n) is 5.60. The number of rotatable bonds is 7. The monoisotopic (exact) mass is 278 g/mol. The molecule has 1 aromatic rings. The van der Waals surface area contributed by atoms with E-state index in [0.717, 1.165) is 12.2 Å². The molecule has 0 aliphatic rings. The van der Waals surface area contributed by atoms with Gasteiger partial charge < -0.3 is 15.8 Å². The topological polar surface area (TPSA) is 64.4 Å². The van der Waals surface area contributed by atoms with Crippen LogP contribution in [0.4, 0.5) is 0 Å². The number of carbonyl (C=O) groups excluding carboxylic acids is 1. The summed E-state index contributed by atoms with van der Waals surface area (Å²) in [6.45, 7) is 8.75. The Labute approximate surface area is 121 Å². The van der Waals surface area contributed by atoms with Crippen LogP contribution in [0, 0.1) is 13.8 Å². The highest BCUT2D eigenvalue weighted by Gasteiger charge is 2.26. The Kier molecular flexibility index (Phi) is 6.02. The van der Waals surface area contributed by atoms with E-state index in [1.165, 1.54) is 11.1 Å². The number of aryl methyl sites for hydroxylation is 2. The molecule has 0 aromatic heterocycles. The van der Waals surface area contributed by atoms with Gasteiger partial charge in [-0.15, -0.1) is 0 Å². The first kappa shape index (κ1) is 16.5. The molecule has 1 unspecified atom stereocenters. The van der Waals surface area contributed by atoms with Gasteiger partial charge in [0.25, 0.3) is 0 Å². The molecule has 0 saturated heterocycles. The Balaban J connectivity index is 2.36. The van der Waals surface area contributed by atoms with Gasteiger partial charge >= 0.3 is 0 Å². The van der Waals surface area contributed by atoms with Crippen molar-refractivity contribution in [2.75, 3.05) is 13.2 Å². The molecule has 0 aliphatic heterocycles. The molecule has 0 saturated carbocycles. The van der Waals surface area contributed by atoms with Gasteiger partial charge in [-0.2, -0.15) is 0 Å². The van der Waals surface area contributed by atoms with E-state index in [0.29, 0.717) is 19.6 Å². The maximum Gasteiger partial charge on any atom is 0.239 e. The van der Waals surface area contributed by atoms with Crippen LogP contribution in [0.5, 0.6) is 5.75 Å². The van der Waals surface area contributed by atoms with Crippen molar-refractivity contribution in [3.8, 4) is 5.75 Å². The summed E-state index contributed by atoms with van der Waals surface area (Å²) in [6.07, 6.45) is 1.57. The quantitative estimate of drug-likeness (QED) is 0.752. The van der Waals surface area contributed by atoms with Gasteiger partial charge in [0.2, 0.25) is 5.91 Å². The van der Waals surface area contributed by atoms with Crippen LogP contribution in [0.1, 0.15) is 37.8 Å². The molecule has 4 nitrogen and oxygen atoms in total. The highest BCUT2D eigenvalue weighted by molar-refractivity contribution is 5.85. The largest absolute Gasteiger partial charge is 0.492 e. The Bertz CT molecular complexity index is 436. The summed E-state index contributed by atoms with van der Waals surface area (Å²) in [5, 5.41) is 2.82. The number of hydrogen-bond donors (Lipinski definition) is 2. The minimum absolute atomic E-state index is 0.122. The summed E-state index contributed by atoms with van der Waals surface area (Å²) < 4.78 is 5.64. The van der Waals surface area contributed by atoms with Crippen molar-refractivity contribution in [2.45, 2.75) is 46.1 Å². The summed E-state index contributed by atoms with van der Waals surface area (Å²) in [4.78, 5) is 11.9. The van der Waals surface area contributed by atoms with Gasteiger partial charge in [0.1, 0.15) is 12.4 Å². The van der Waals surface area contributed by atoms with Gasteiger partial charge in [-0.25, -0.2) is 0 Å². The highest BCUT2D eigenvalue weighted by atomic mass is 16.5. The van der Waals surface area contributed by atoms with E-state index in [1.54, 1.807) is 6.92 Å². The number of amides is 1. The van der Waals surface area contributed by atoms with Crippen LogP contribution in [0.3, 0.4) is 0 Å². The molecular weight excluding hydrogens is 252 g/mol. The molecule has 0 aliphatic carbocycles. The van der Waals surface area contributed by atoms with Crippen molar-refractivity contribution in [2.24, 2.45) is 5.73 Å². The third kappa shape index (κ3) is 5.21. The van der Waals surface area contributed by atoms with Crippen LogP contribution in [-0.4, -0.2) is 24.6 Å². The summed E-state index contributed by atoms with van der Waals surface area (Å²) in [6, 6.07) is 6.07. The highest BCUT2D eigenvalue weighted by Crippen LogP contribution is 2.15. The van der Waals surface area contributed by atoms with Crippen LogP contribution in [0.2, 0.25) is 0 Å². The van der Waals surface area contributed by atoms with Crippen molar-refractivity contribution in [1.82, 2.24) is 5.32 Å². The SMILES string of the molecule is CCCC(C)(N)C(=O)NCCOc1cc(C)cc(C)c1. The molecule has 1 rings (SSSR count). The number of benzene rings is 1. The van der Waals surface area contributed by atoms with Gasteiger partial charge in [0, 0.05) is 0 Å². The van der Waals surface area contributed by atoms with Crippen LogP contribution < -0.4 is 15.8 Å². The minimum Gasteiger partial charge on any atom is -0.492 e. The van der Waals surface area contributed by atoms with Gasteiger partial charge in [-0.3, -0.25) is 4.79 Å². The predicted octanol–water partition coefficient (Wildman–Crippen LogP) is 2.32. The Morgan fingerprint density at radius 3 is 2.45 bits per heavy atom. The zero-order valence-electron chi connectivity index (χ0n) is 13.0. The van der Waals surface area contributed by atoms with E-state index in [1.807, 2.05) is 32.9 Å². The maximum atomic E-state index is 11.9. The number of hydrogen-bond acceptors (Lipinski definition) is 3. The van der Waals surface area contributed by atoms with Crippen LogP contribution >= 0.6 is 0 Å². The summed E-state index contributed by atoms with van der Waals surface area (Å²) in [5.41, 5.74) is 7.49. The smallest absolute Gasteiger partial charge is 0.239 e. The first-order valence-electron chi connectivity index (χ1n) is 7.13. The van der Waals surface area contributed by atoms with Gasteiger partial charge in [0.15, 0.2) is 0 Å². The fourth-order valence-electron chi connectivity index (χ4n) is 2.18. The zero-order chi connectivity index (χ0) is 15.2. The first-order valence-corrected chi connectivity index (χ1v) is 7.13. The molecule has 0 spiro atoms. The summed E-state index contributed by atoms with van der Waals surface area (Å²) in [5.74, 6) is 0.712. The third-order valence-electron chi connectivity index (χ3n) is 3.14. The second-order valence-corrected chi connectivity index (χ2v) is 5.60. The standard InChI is InChI=1S/C16H26N2O2/c1-5-6-16(4,17)15(19)18-7-8-20-14-10-12(2)9-13(3)11-14/h9-11H,5-8,17H2,1-4H3,(H,18,19). The van der Waals surface area contributed by atoms with E-state index in [4.69, 9.17) is 10.5 Å². The van der Waals surface area contributed by atoms with Crippen LogP contribution in [-0.2, 0) is 4.79 Å². The van der Waals surface area contributed by atoms with Crippen molar-refractivity contribution in [3.63, 3.8) is 0 Å². The predicted molar refractivity (Wildman–Crippen MR) is 81.9 cm³/mol. The maximum absolute atomic E-state index is 11.9. The van der Waals surface area contributed by atoms with E-state index < -0.39 is 5.54 Å². The zero-order valence-corrected chi connectivity index (χ0v) is 13.0. The Hall–Kier alpha value is -1.55. The normalized spacial score (nSPS) is 13.7. The lowest BCUT2D eigenvalue weighted by Crippen LogP contribution is -2.52. The summed E-state index contributed by atoms with van der Waals surface area (Å²) >= 11 is 0. The number of nitrogens with one attached hydrogen (secondary N) is 1. The molecule has 0 fully saturated rings. The Morgan fingerprint density at radius 1 is 1.30 bits per heavy atom. The molecular formula is C16H26N2O2. The molecule has 3 N–H and O–H groups in total. The van der Waals surface area contributed by atoms with E-state index >= 15 is 0 Å². The van der Waals surface area contributed by atoms with Crippen molar-refractivity contribution in [3.05, 3.63) is 29.3 Å². The molecule has 112 valence electrons. The van der Waals surface area contributed by atoms with Gasteiger partial charge in [0.05, 0.1) is 12.1 Å². The van der Waals surface area contributed by atoms with Crippen molar-refractivity contribution in [1.29, 1.82) is 0 Å². The first-order chi connectivity index (χ1) is 9.35. The van der Waals surface area contributed by atoms with E-state index in [9.17, 15) is 4.79 Å². The molecule has 4 heteroatoms. The molecule has 1 amide bonds. The lowest BCUT2D eigenvalue weighted by molar-refractivity contribution is -0.126. The summed E-state index contributed by atoms with van der Waals surface area (Å²) in [7, 11) is 0. The van der Waals surface area contributed by atoms with Crippen molar-refractivity contribution >= 4 is 5.91 Å². The lowest BCUT2D eigenvalue weighted by atomic mass is 9.97. The second kappa shape index (κ2) is 7.29. The van der Waals surface area contributed by atoms with Gasteiger partial charge in [-0.1, -0.05) is 19.4 Å². The number of carbonyl (C=O) groups is 1. The molecule has 0 heterocycles. The fraction of sp³-hybridized carbons (Fsp3) is 0.562. The average Bonchev–Trinajstić information content (AvgIpc) is 2.33. The molecule has 1 atom stereocenters.